The molecule has 0 bridgehead atoms. The van der Waals surface area contributed by atoms with Crippen molar-refractivity contribution in [2.75, 3.05) is 0 Å². The maximum atomic E-state index is 13.0. The highest BCUT2D eigenvalue weighted by atomic mass is 32.2. The molecule has 0 spiro atoms. The van der Waals surface area contributed by atoms with Crippen LogP contribution in [0.25, 0.3) is 0 Å². The minimum atomic E-state index is -3.44. The number of nitrogens with zero attached hydrogens (tertiary/aromatic N) is 1. The van der Waals surface area contributed by atoms with E-state index < -0.39 is 15.1 Å². The van der Waals surface area contributed by atoms with Gasteiger partial charge in [0.1, 0.15) is 0 Å². The average molecular weight is 305 g/mol. The number of hydrogen-bond donors (Lipinski definition) is 0. The first-order chi connectivity index (χ1) is 9.90. The Bertz CT molecular complexity index is 658. The third-order valence-corrected chi connectivity index (χ3v) is 7.07. The van der Waals surface area contributed by atoms with Crippen LogP contribution in [-0.2, 0) is 9.84 Å². The van der Waals surface area contributed by atoms with Gasteiger partial charge in [-0.05, 0) is 50.7 Å². The van der Waals surface area contributed by atoms with Gasteiger partial charge in [-0.15, -0.1) is 0 Å². The molecular weight excluding hydrogens is 282 g/mol. The van der Waals surface area contributed by atoms with Gasteiger partial charge in [0.2, 0.25) is 0 Å². The van der Waals surface area contributed by atoms with E-state index in [1.807, 2.05) is 26.0 Å². The molecular formula is C17H23NO2S. The zero-order valence-electron chi connectivity index (χ0n) is 13.0. The second kappa shape index (κ2) is 6.19. The van der Waals surface area contributed by atoms with Crippen molar-refractivity contribution in [1.29, 1.82) is 5.26 Å². The summed E-state index contributed by atoms with van der Waals surface area (Å²) >= 11 is 0. The van der Waals surface area contributed by atoms with Crippen LogP contribution in [0.3, 0.4) is 0 Å². The third-order valence-electron chi connectivity index (χ3n) is 4.68. The van der Waals surface area contributed by atoms with Crippen molar-refractivity contribution in [2.24, 2.45) is 11.8 Å². The summed E-state index contributed by atoms with van der Waals surface area (Å²) in [6.07, 6.45) is 3.26. The summed E-state index contributed by atoms with van der Waals surface area (Å²) in [5.41, 5.74) is 1.84. The van der Waals surface area contributed by atoms with Crippen LogP contribution in [0.5, 0.6) is 0 Å². The Morgan fingerprint density at radius 2 is 2.00 bits per heavy atom. The second-order valence-electron chi connectivity index (χ2n) is 6.18. The van der Waals surface area contributed by atoms with E-state index in [9.17, 15) is 13.7 Å². The lowest BCUT2D eigenvalue weighted by Crippen LogP contribution is -2.35. The normalized spacial score (nSPS) is 26.3. The van der Waals surface area contributed by atoms with Crippen LogP contribution in [0.1, 0.15) is 43.7 Å². The Hall–Kier alpha value is -1.34. The lowest BCUT2D eigenvalue weighted by atomic mass is 9.81. The molecule has 1 aromatic rings. The zero-order valence-corrected chi connectivity index (χ0v) is 13.8. The molecule has 1 saturated carbocycles. The molecule has 2 rings (SSSR count). The zero-order chi connectivity index (χ0) is 15.6. The molecule has 3 unspecified atom stereocenters. The number of aryl methyl sites for hydroxylation is 2. The molecule has 21 heavy (non-hydrogen) atoms. The highest BCUT2D eigenvalue weighted by Gasteiger charge is 2.40. The highest BCUT2D eigenvalue weighted by molar-refractivity contribution is 7.92. The van der Waals surface area contributed by atoms with E-state index in [2.05, 4.69) is 13.0 Å². The van der Waals surface area contributed by atoms with Crippen LogP contribution in [-0.4, -0.2) is 13.7 Å². The predicted molar refractivity (Wildman–Crippen MR) is 83.6 cm³/mol. The van der Waals surface area contributed by atoms with Gasteiger partial charge in [0.15, 0.2) is 9.84 Å². The number of benzene rings is 1. The van der Waals surface area contributed by atoms with Crippen LogP contribution in [0.15, 0.2) is 23.1 Å². The molecule has 0 aliphatic heterocycles. The molecule has 3 atom stereocenters. The fraction of sp³-hybridized carbons (Fsp3) is 0.588. The molecule has 1 fully saturated rings. The number of sulfone groups is 1. The van der Waals surface area contributed by atoms with E-state index in [-0.39, 0.29) is 5.92 Å². The molecule has 0 heterocycles. The summed E-state index contributed by atoms with van der Waals surface area (Å²) < 4.78 is 26.0. The van der Waals surface area contributed by atoms with Crippen molar-refractivity contribution in [2.45, 2.75) is 56.6 Å². The van der Waals surface area contributed by atoms with Gasteiger partial charge in [-0.2, -0.15) is 5.26 Å². The lowest BCUT2D eigenvalue weighted by molar-refractivity contribution is 0.308. The van der Waals surface area contributed by atoms with Crippen molar-refractivity contribution in [1.82, 2.24) is 0 Å². The molecule has 1 aliphatic carbocycles. The van der Waals surface area contributed by atoms with Gasteiger partial charge in [0.05, 0.1) is 22.1 Å². The van der Waals surface area contributed by atoms with Gasteiger partial charge in [-0.3, -0.25) is 0 Å². The SMILES string of the molecule is CCC1CCC(C#N)C(S(=O)(=O)c2ccc(C)cc2C)C1. The topological polar surface area (TPSA) is 57.9 Å². The Morgan fingerprint density at radius 1 is 1.29 bits per heavy atom. The van der Waals surface area contributed by atoms with Gasteiger partial charge < -0.3 is 0 Å². The van der Waals surface area contributed by atoms with Gasteiger partial charge in [-0.1, -0.05) is 31.0 Å². The average Bonchev–Trinajstić information content (AvgIpc) is 2.46. The minimum Gasteiger partial charge on any atom is -0.223 e. The Labute approximate surface area is 127 Å². The molecule has 0 aromatic heterocycles. The monoisotopic (exact) mass is 305 g/mol. The highest BCUT2D eigenvalue weighted by Crippen LogP contribution is 2.37. The number of nitriles is 1. The van der Waals surface area contributed by atoms with E-state index in [1.54, 1.807) is 6.07 Å². The molecule has 0 N–H and O–H groups in total. The predicted octanol–water partition coefficient (Wildman–Crippen LogP) is 3.80. The van der Waals surface area contributed by atoms with Gasteiger partial charge in [0, 0.05) is 0 Å². The van der Waals surface area contributed by atoms with Crippen LogP contribution in [0.4, 0.5) is 0 Å². The van der Waals surface area contributed by atoms with Crippen LogP contribution in [0, 0.1) is 37.0 Å². The van der Waals surface area contributed by atoms with Gasteiger partial charge in [0.25, 0.3) is 0 Å². The quantitative estimate of drug-likeness (QED) is 0.853. The molecule has 1 aliphatic rings. The van der Waals surface area contributed by atoms with Crippen molar-refractivity contribution in [3.05, 3.63) is 29.3 Å². The van der Waals surface area contributed by atoms with Crippen molar-refractivity contribution in [3.8, 4) is 6.07 Å². The van der Waals surface area contributed by atoms with E-state index in [1.165, 1.54) is 0 Å². The molecule has 114 valence electrons. The first-order valence-electron chi connectivity index (χ1n) is 7.61. The molecule has 3 nitrogen and oxygen atoms in total. The summed E-state index contributed by atoms with van der Waals surface area (Å²) in [6, 6.07) is 7.66. The van der Waals surface area contributed by atoms with Crippen molar-refractivity contribution < 1.29 is 8.42 Å². The maximum Gasteiger partial charge on any atom is 0.182 e. The Morgan fingerprint density at radius 3 is 2.57 bits per heavy atom. The summed E-state index contributed by atoms with van der Waals surface area (Å²) in [5, 5.41) is 8.78. The van der Waals surface area contributed by atoms with Crippen LogP contribution in [0.2, 0.25) is 0 Å². The van der Waals surface area contributed by atoms with Gasteiger partial charge in [-0.25, -0.2) is 8.42 Å². The first kappa shape index (κ1) is 16.0. The van der Waals surface area contributed by atoms with Crippen LogP contribution >= 0.6 is 0 Å². The number of rotatable bonds is 3. The van der Waals surface area contributed by atoms with Crippen molar-refractivity contribution in [3.63, 3.8) is 0 Å². The van der Waals surface area contributed by atoms with Crippen LogP contribution < -0.4 is 0 Å². The molecule has 0 radical (unpaired) electrons. The first-order valence-corrected chi connectivity index (χ1v) is 9.15. The summed E-state index contributed by atoms with van der Waals surface area (Å²) in [6.45, 7) is 5.88. The molecule has 4 heteroatoms. The summed E-state index contributed by atoms with van der Waals surface area (Å²) in [4.78, 5) is 0.398. The lowest BCUT2D eigenvalue weighted by Gasteiger charge is -2.32. The van der Waals surface area contributed by atoms with Crippen molar-refractivity contribution >= 4 is 9.84 Å². The van der Waals surface area contributed by atoms with E-state index in [0.717, 1.165) is 24.0 Å². The maximum absolute atomic E-state index is 13.0. The van der Waals surface area contributed by atoms with E-state index >= 15 is 0 Å². The Kier molecular flexibility index (Phi) is 4.73. The molecule has 0 saturated heterocycles. The molecule has 1 aromatic carbocycles. The summed E-state index contributed by atoms with van der Waals surface area (Å²) in [7, 11) is -3.44. The largest absolute Gasteiger partial charge is 0.223 e. The third kappa shape index (κ3) is 3.13. The van der Waals surface area contributed by atoms with Gasteiger partial charge >= 0.3 is 0 Å². The smallest absolute Gasteiger partial charge is 0.182 e. The molecule has 0 amide bonds. The second-order valence-corrected chi connectivity index (χ2v) is 8.31. The van der Waals surface area contributed by atoms with E-state index in [0.29, 0.717) is 23.7 Å². The fourth-order valence-corrected chi connectivity index (χ4v) is 5.60. The van der Waals surface area contributed by atoms with E-state index in [4.69, 9.17) is 0 Å². The number of hydrogen-bond acceptors (Lipinski definition) is 3. The summed E-state index contributed by atoms with van der Waals surface area (Å²) in [5.74, 6) is 0.0404. The fourth-order valence-electron chi connectivity index (χ4n) is 3.35. The Balaban J connectivity index is 2.43. The standard InChI is InChI=1S/C17H23NO2S/c1-4-14-6-7-15(11-18)17(10-14)21(19,20)16-8-5-12(2)9-13(16)3/h5,8-9,14-15,17H,4,6-7,10H2,1-3H3. The minimum absolute atomic E-state index is 0.376.